The number of hydrogen-bond acceptors (Lipinski definition) is 7. The Bertz CT molecular complexity index is 729. The van der Waals surface area contributed by atoms with E-state index < -0.39 is 0 Å². The molecule has 24 heavy (non-hydrogen) atoms. The van der Waals surface area contributed by atoms with Crippen molar-refractivity contribution in [3.05, 3.63) is 28.5 Å². The number of nitrogens with two attached hydrogens (primary N) is 1. The van der Waals surface area contributed by atoms with Crippen molar-refractivity contribution in [3.8, 4) is 0 Å². The third-order valence-electron chi connectivity index (χ3n) is 4.78. The highest BCUT2D eigenvalue weighted by Crippen LogP contribution is 2.32. The van der Waals surface area contributed by atoms with Gasteiger partial charge in [0.15, 0.2) is 0 Å². The summed E-state index contributed by atoms with van der Waals surface area (Å²) in [4.78, 5) is 30.0. The summed E-state index contributed by atoms with van der Waals surface area (Å²) in [5.41, 5.74) is 8.65. The summed E-state index contributed by atoms with van der Waals surface area (Å²) in [6.07, 6.45) is 1.96. The molecule has 0 spiro atoms. The summed E-state index contributed by atoms with van der Waals surface area (Å²) in [6, 6.07) is 1.99. The zero-order chi connectivity index (χ0) is 16.7. The monoisotopic (exact) mass is 344 g/mol. The van der Waals surface area contributed by atoms with Crippen LogP contribution in [0.25, 0.3) is 0 Å². The summed E-state index contributed by atoms with van der Waals surface area (Å²) >= 11 is 1.56. The lowest BCUT2D eigenvalue weighted by Gasteiger charge is -2.35. The fourth-order valence-electron chi connectivity index (χ4n) is 3.66. The second-order valence-corrected chi connectivity index (χ2v) is 7.20. The van der Waals surface area contributed by atoms with Crippen LogP contribution in [-0.2, 0) is 11.3 Å². The maximum absolute atomic E-state index is 12.9. The maximum Gasteiger partial charge on any atom is 0.228 e. The Labute approximate surface area is 144 Å². The molecule has 126 valence electrons. The number of piperidine rings is 1. The van der Waals surface area contributed by atoms with Gasteiger partial charge >= 0.3 is 0 Å². The predicted molar refractivity (Wildman–Crippen MR) is 92.6 cm³/mol. The van der Waals surface area contributed by atoms with E-state index in [4.69, 9.17) is 5.73 Å². The van der Waals surface area contributed by atoms with Crippen LogP contribution in [0.5, 0.6) is 0 Å². The second kappa shape index (κ2) is 6.01. The number of nitrogens with zero attached hydrogens (tertiary/aromatic N) is 5. The van der Waals surface area contributed by atoms with Crippen LogP contribution in [0.3, 0.4) is 0 Å². The van der Waals surface area contributed by atoms with Crippen LogP contribution in [0.1, 0.15) is 24.4 Å². The van der Waals surface area contributed by atoms with Gasteiger partial charge in [-0.2, -0.15) is 0 Å². The SMILES string of the molecule is Cc1nc(N)cc(N2C[C@@H]3CC[C@H](C2)N(Cc2cscn2)C3=O)n1. The van der Waals surface area contributed by atoms with Crippen molar-refractivity contribution in [1.29, 1.82) is 0 Å². The van der Waals surface area contributed by atoms with Gasteiger partial charge in [0.1, 0.15) is 17.5 Å². The third-order valence-corrected chi connectivity index (χ3v) is 5.41. The summed E-state index contributed by atoms with van der Waals surface area (Å²) in [5.74, 6) is 2.20. The summed E-state index contributed by atoms with van der Waals surface area (Å²) in [5, 5.41) is 2.01. The van der Waals surface area contributed by atoms with Crippen LogP contribution in [0, 0.1) is 12.8 Å². The zero-order valence-electron chi connectivity index (χ0n) is 13.6. The molecule has 5 rings (SSSR count). The molecule has 2 aromatic rings. The molecule has 3 saturated heterocycles. The molecule has 2 aromatic heterocycles. The first-order chi connectivity index (χ1) is 11.6. The Morgan fingerprint density at radius 1 is 1.33 bits per heavy atom. The van der Waals surface area contributed by atoms with E-state index in [9.17, 15) is 4.79 Å². The van der Waals surface area contributed by atoms with Gasteiger partial charge in [-0.3, -0.25) is 4.79 Å². The van der Waals surface area contributed by atoms with Crippen molar-refractivity contribution in [2.45, 2.75) is 32.4 Å². The molecule has 7 nitrogen and oxygen atoms in total. The first kappa shape index (κ1) is 15.3. The number of rotatable bonds is 3. The van der Waals surface area contributed by atoms with Gasteiger partial charge in [-0.25, -0.2) is 15.0 Å². The molecule has 2 atom stereocenters. The molecule has 0 aliphatic carbocycles. The van der Waals surface area contributed by atoms with Crippen LogP contribution < -0.4 is 10.6 Å². The molecule has 0 saturated carbocycles. The highest BCUT2D eigenvalue weighted by Gasteiger charge is 2.41. The van der Waals surface area contributed by atoms with Crippen LogP contribution >= 0.6 is 11.3 Å². The fraction of sp³-hybridized carbons (Fsp3) is 0.500. The quantitative estimate of drug-likeness (QED) is 0.907. The van der Waals surface area contributed by atoms with Gasteiger partial charge in [0, 0.05) is 30.6 Å². The standard InChI is InChI=1S/C16H20N6OS/c1-10-19-14(17)4-15(20-10)21-5-11-2-3-13(7-21)22(16(11)23)6-12-8-24-9-18-12/h4,8-9,11,13H,2-3,5-7H2,1H3,(H2,17,19,20)/t11-,13+/m0/s1. The highest BCUT2D eigenvalue weighted by molar-refractivity contribution is 7.07. The molecule has 3 aliphatic rings. The maximum atomic E-state index is 12.9. The number of amides is 1. The van der Waals surface area contributed by atoms with Crippen molar-refractivity contribution in [2.24, 2.45) is 5.92 Å². The Morgan fingerprint density at radius 3 is 2.96 bits per heavy atom. The third kappa shape index (κ3) is 2.82. The number of carbonyl (C=O) groups excluding carboxylic acids is 1. The number of aromatic nitrogens is 3. The lowest BCUT2D eigenvalue weighted by molar-refractivity contribution is -0.140. The molecule has 8 heteroatoms. The van der Waals surface area contributed by atoms with Gasteiger partial charge in [0.05, 0.1) is 23.7 Å². The smallest absolute Gasteiger partial charge is 0.228 e. The van der Waals surface area contributed by atoms with Gasteiger partial charge in [0.25, 0.3) is 0 Å². The molecule has 3 aliphatic heterocycles. The number of nitrogen functional groups attached to an aromatic ring is 1. The Kier molecular flexibility index (Phi) is 3.84. The number of anilines is 2. The number of fused-ring (bicyclic) bond motifs is 4. The van der Waals surface area contributed by atoms with E-state index in [0.717, 1.165) is 30.9 Å². The van der Waals surface area contributed by atoms with E-state index in [1.165, 1.54) is 0 Å². The van der Waals surface area contributed by atoms with Crippen LogP contribution in [0.15, 0.2) is 17.0 Å². The van der Waals surface area contributed by atoms with Gasteiger partial charge in [-0.05, 0) is 19.8 Å². The largest absolute Gasteiger partial charge is 0.384 e. The van der Waals surface area contributed by atoms with E-state index in [1.54, 1.807) is 17.4 Å². The number of carbonyl (C=O) groups is 1. The van der Waals surface area contributed by atoms with E-state index in [0.29, 0.717) is 24.7 Å². The number of hydrogen-bond donors (Lipinski definition) is 1. The van der Waals surface area contributed by atoms with Gasteiger partial charge in [0.2, 0.25) is 5.91 Å². The molecule has 1 amide bonds. The summed E-state index contributed by atoms with van der Waals surface area (Å²) in [7, 11) is 0. The first-order valence-corrected chi connectivity index (χ1v) is 9.08. The van der Waals surface area contributed by atoms with Crippen molar-refractivity contribution >= 4 is 28.9 Å². The molecule has 5 heterocycles. The number of aryl methyl sites for hydroxylation is 1. The topological polar surface area (TPSA) is 88.2 Å². The minimum absolute atomic E-state index is 0.0129. The van der Waals surface area contributed by atoms with Gasteiger partial charge in [-0.1, -0.05) is 0 Å². The Hall–Kier alpha value is -2.22. The van der Waals surface area contributed by atoms with E-state index in [1.807, 2.05) is 22.7 Å². The Balaban J connectivity index is 1.60. The minimum Gasteiger partial charge on any atom is -0.384 e. The van der Waals surface area contributed by atoms with Crippen molar-refractivity contribution in [2.75, 3.05) is 23.7 Å². The Morgan fingerprint density at radius 2 is 2.21 bits per heavy atom. The first-order valence-electron chi connectivity index (χ1n) is 8.14. The van der Waals surface area contributed by atoms with Gasteiger partial charge in [-0.15, -0.1) is 11.3 Å². The van der Waals surface area contributed by atoms with E-state index >= 15 is 0 Å². The van der Waals surface area contributed by atoms with Crippen LogP contribution in [-0.4, -0.2) is 44.9 Å². The van der Waals surface area contributed by atoms with Crippen LogP contribution in [0.2, 0.25) is 0 Å². The minimum atomic E-state index is 0.0129. The highest BCUT2D eigenvalue weighted by atomic mass is 32.1. The van der Waals surface area contributed by atoms with Crippen molar-refractivity contribution in [1.82, 2.24) is 19.9 Å². The molecule has 2 bridgehead atoms. The molecule has 0 aromatic carbocycles. The summed E-state index contributed by atoms with van der Waals surface area (Å²) < 4.78 is 0. The lowest BCUT2D eigenvalue weighted by Crippen LogP contribution is -2.47. The molecular formula is C16H20N6OS. The molecule has 0 unspecified atom stereocenters. The predicted octanol–water partition coefficient (Wildman–Crippen LogP) is 1.45. The van der Waals surface area contributed by atoms with Crippen molar-refractivity contribution in [3.63, 3.8) is 0 Å². The fourth-order valence-corrected chi connectivity index (χ4v) is 4.21. The van der Waals surface area contributed by atoms with Gasteiger partial charge < -0.3 is 15.5 Å². The molecular weight excluding hydrogens is 324 g/mol. The average Bonchev–Trinajstić information content (AvgIpc) is 2.90. The number of thiazole rings is 1. The normalized spacial score (nSPS) is 23.6. The van der Waals surface area contributed by atoms with E-state index in [-0.39, 0.29) is 17.9 Å². The molecule has 2 N–H and O–H groups in total. The average molecular weight is 344 g/mol. The molecule has 3 fully saturated rings. The molecule has 0 radical (unpaired) electrons. The van der Waals surface area contributed by atoms with Crippen molar-refractivity contribution < 1.29 is 4.79 Å². The second-order valence-electron chi connectivity index (χ2n) is 6.48. The van der Waals surface area contributed by atoms with E-state index in [2.05, 4.69) is 19.9 Å². The zero-order valence-corrected chi connectivity index (χ0v) is 14.4. The lowest BCUT2D eigenvalue weighted by atomic mass is 9.94. The van der Waals surface area contributed by atoms with Crippen LogP contribution in [0.4, 0.5) is 11.6 Å². The summed E-state index contributed by atoms with van der Waals surface area (Å²) in [6.45, 7) is 3.91.